The largest absolute Gasteiger partial charge is 0.466 e. The predicted octanol–water partition coefficient (Wildman–Crippen LogP) is 2.64. The van der Waals surface area contributed by atoms with Gasteiger partial charge in [0.15, 0.2) is 0 Å². The Morgan fingerprint density at radius 3 is 2.47 bits per heavy atom. The van der Waals surface area contributed by atoms with Gasteiger partial charge in [-0.15, -0.1) is 0 Å². The van der Waals surface area contributed by atoms with Gasteiger partial charge in [0.2, 0.25) is 0 Å². The minimum absolute atomic E-state index is 0.0567. The first-order valence-electron chi connectivity index (χ1n) is 7.78. The van der Waals surface area contributed by atoms with Crippen LogP contribution in [0.15, 0.2) is 0 Å². The van der Waals surface area contributed by atoms with E-state index in [9.17, 15) is 4.79 Å². The van der Waals surface area contributed by atoms with E-state index >= 15 is 0 Å². The molecule has 0 unspecified atom stereocenters. The monoisotopic (exact) mass is 273 g/mol. The number of nitrogens with one attached hydrogen (secondary N) is 1. The van der Waals surface area contributed by atoms with Crippen LogP contribution >= 0.6 is 0 Å². The fourth-order valence-electron chi connectivity index (χ4n) is 1.86. The van der Waals surface area contributed by atoms with Crippen molar-refractivity contribution in [1.82, 2.24) is 5.32 Å². The zero-order valence-corrected chi connectivity index (χ0v) is 12.5. The summed E-state index contributed by atoms with van der Waals surface area (Å²) in [6, 6.07) is 0. The number of aliphatic hydroxyl groups excluding tert-OH is 1. The number of hydrogen-bond donors (Lipinski definition) is 2. The van der Waals surface area contributed by atoms with Gasteiger partial charge in [0, 0.05) is 13.0 Å². The molecule has 0 bridgehead atoms. The summed E-state index contributed by atoms with van der Waals surface area (Å²) in [6.07, 6.45) is 9.44. The van der Waals surface area contributed by atoms with Gasteiger partial charge in [-0.1, -0.05) is 39.0 Å². The lowest BCUT2D eigenvalue weighted by atomic mass is 10.2. The minimum Gasteiger partial charge on any atom is -0.466 e. The van der Waals surface area contributed by atoms with Crippen LogP contribution in [0.5, 0.6) is 0 Å². The molecule has 0 heterocycles. The fraction of sp³-hybridized carbons (Fsp3) is 0.933. The second-order valence-electron chi connectivity index (χ2n) is 4.92. The van der Waals surface area contributed by atoms with Gasteiger partial charge < -0.3 is 15.2 Å². The quantitative estimate of drug-likeness (QED) is 0.377. The number of hydrogen-bond acceptors (Lipinski definition) is 4. The van der Waals surface area contributed by atoms with Crippen molar-refractivity contribution in [3.05, 3.63) is 0 Å². The summed E-state index contributed by atoms with van der Waals surface area (Å²) in [4.78, 5) is 11.4. The van der Waals surface area contributed by atoms with Crippen LogP contribution in [0.4, 0.5) is 0 Å². The molecule has 0 saturated carbocycles. The molecule has 0 saturated heterocycles. The topological polar surface area (TPSA) is 58.6 Å². The Morgan fingerprint density at radius 2 is 1.74 bits per heavy atom. The summed E-state index contributed by atoms with van der Waals surface area (Å²) in [5, 5.41) is 11.7. The average Bonchev–Trinajstić information content (AvgIpc) is 2.41. The lowest BCUT2D eigenvalue weighted by Gasteiger charge is -2.05. The Hall–Kier alpha value is -0.610. The summed E-state index contributed by atoms with van der Waals surface area (Å²) in [5.74, 6) is -0.0567. The molecule has 4 heteroatoms. The van der Waals surface area contributed by atoms with Crippen molar-refractivity contribution < 1.29 is 14.6 Å². The van der Waals surface area contributed by atoms with Gasteiger partial charge in [-0.3, -0.25) is 4.79 Å². The zero-order chi connectivity index (χ0) is 14.2. The molecule has 0 amide bonds. The van der Waals surface area contributed by atoms with Crippen molar-refractivity contribution in [1.29, 1.82) is 0 Å². The molecule has 0 atom stereocenters. The number of carbonyl (C=O) groups excluding carboxylic acids is 1. The summed E-state index contributed by atoms with van der Waals surface area (Å²) < 4.78 is 5.18. The Kier molecular flexibility index (Phi) is 15.0. The Bertz CT molecular complexity index is 198. The first-order valence-corrected chi connectivity index (χ1v) is 7.78. The van der Waals surface area contributed by atoms with Gasteiger partial charge in [-0.2, -0.15) is 0 Å². The molecule has 0 aromatic heterocycles. The van der Waals surface area contributed by atoms with E-state index < -0.39 is 0 Å². The molecule has 0 fully saturated rings. The number of rotatable bonds is 14. The summed E-state index contributed by atoms with van der Waals surface area (Å²) in [7, 11) is 0. The SMILES string of the molecule is CCCCCCCOC(=O)CCCCCNCCO. The van der Waals surface area contributed by atoms with Crippen LogP contribution in [0.1, 0.15) is 64.7 Å². The lowest BCUT2D eigenvalue weighted by molar-refractivity contribution is -0.143. The van der Waals surface area contributed by atoms with E-state index in [0.29, 0.717) is 19.6 Å². The minimum atomic E-state index is -0.0567. The van der Waals surface area contributed by atoms with Crippen LogP contribution in [0, 0.1) is 0 Å². The van der Waals surface area contributed by atoms with Crippen molar-refractivity contribution in [3.63, 3.8) is 0 Å². The number of unbranched alkanes of at least 4 members (excludes halogenated alkanes) is 6. The molecule has 114 valence electrons. The van der Waals surface area contributed by atoms with Crippen molar-refractivity contribution in [2.75, 3.05) is 26.3 Å². The Balaban J connectivity index is 3.13. The maximum absolute atomic E-state index is 11.4. The van der Waals surface area contributed by atoms with Crippen LogP contribution in [0.2, 0.25) is 0 Å². The summed E-state index contributed by atoms with van der Waals surface area (Å²) in [5.41, 5.74) is 0. The van der Waals surface area contributed by atoms with Crippen molar-refractivity contribution in [2.45, 2.75) is 64.7 Å². The van der Waals surface area contributed by atoms with Crippen LogP contribution in [0.3, 0.4) is 0 Å². The highest BCUT2D eigenvalue weighted by atomic mass is 16.5. The molecule has 0 rings (SSSR count). The molecule has 0 aromatic carbocycles. The second-order valence-corrected chi connectivity index (χ2v) is 4.92. The van der Waals surface area contributed by atoms with Crippen molar-refractivity contribution >= 4 is 5.97 Å². The third kappa shape index (κ3) is 15.3. The number of aliphatic hydroxyl groups is 1. The maximum Gasteiger partial charge on any atom is 0.305 e. The highest BCUT2D eigenvalue weighted by Crippen LogP contribution is 2.04. The van der Waals surface area contributed by atoms with E-state index in [-0.39, 0.29) is 12.6 Å². The lowest BCUT2D eigenvalue weighted by Crippen LogP contribution is -2.19. The number of esters is 1. The molecular formula is C15H31NO3. The van der Waals surface area contributed by atoms with E-state index in [2.05, 4.69) is 12.2 Å². The van der Waals surface area contributed by atoms with E-state index in [1.54, 1.807) is 0 Å². The zero-order valence-electron chi connectivity index (χ0n) is 12.5. The van der Waals surface area contributed by atoms with Gasteiger partial charge in [0.05, 0.1) is 13.2 Å². The van der Waals surface area contributed by atoms with Gasteiger partial charge in [0.1, 0.15) is 0 Å². The molecule has 0 aliphatic rings. The molecule has 0 aromatic rings. The van der Waals surface area contributed by atoms with Gasteiger partial charge in [-0.25, -0.2) is 0 Å². The molecule has 0 aliphatic heterocycles. The van der Waals surface area contributed by atoms with Crippen LogP contribution in [-0.2, 0) is 9.53 Å². The highest BCUT2D eigenvalue weighted by molar-refractivity contribution is 5.69. The van der Waals surface area contributed by atoms with Crippen LogP contribution < -0.4 is 5.32 Å². The first-order chi connectivity index (χ1) is 9.31. The molecule has 0 aliphatic carbocycles. The van der Waals surface area contributed by atoms with Gasteiger partial charge in [0.25, 0.3) is 0 Å². The summed E-state index contributed by atoms with van der Waals surface area (Å²) >= 11 is 0. The van der Waals surface area contributed by atoms with Gasteiger partial charge in [-0.05, 0) is 25.8 Å². The van der Waals surface area contributed by atoms with Crippen molar-refractivity contribution in [2.24, 2.45) is 0 Å². The maximum atomic E-state index is 11.4. The number of ether oxygens (including phenoxy) is 1. The van der Waals surface area contributed by atoms with Gasteiger partial charge >= 0.3 is 5.97 Å². The third-order valence-corrected chi connectivity index (χ3v) is 3.03. The van der Waals surface area contributed by atoms with Crippen LogP contribution in [0.25, 0.3) is 0 Å². The van der Waals surface area contributed by atoms with E-state index in [1.165, 1.54) is 19.3 Å². The smallest absolute Gasteiger partial charge is 0.305 e. The first kappa shape index (κ1) is 18.4. The second kappa shape index (κ2) is 15.4. The van der Waals surface area contributed by atoms with E-state index in [4.69, 9.17) is 9.84 Å². The standard InChI is InChI=1S/C15H31NO3/c1-2-3-4-5-9-14-19-15(18)10-7-6-8-11-16-12-13-17/h16-17H,2-14H2,1H3. The van der Waals surface area contributed by atoms with Crippen molar-refractivity contribution in [3.8, 4) is 0 Å². The Morgan fingerprint density at radius 1 is 1.00 bits per heavy atom. The molecule has 4 nitrogen and oxygen atoms in total. The highest BCUT2D eigenvalue weighted by Gasteiger charge is 2.02. The molecule has 2 N–H and O–H groups in total. The van der Waals surface area contributed by atoms with Crippen LogP contribution in [-0.4, -0.2) is 37.4 Å². The average molecular weight is 273 g/mol. The molecule has 0 spiro atoms. The van der Waals surface area contributed by atoms with E-state index in [0.717, 1.165) is 38.6 Å². The Labute approximate surface area is 117 Å². The molecule has 0 radical (unpaired) electrons. The summed E-state index contributed by atoms with van der Waals surface area (Å²) in [6.45, 7) is 4.53. The predicted molar refractivity (Wildman–Crippen MR) is 78.1 cm³/mol. The molecular weight excluding hydrogens is 242 g/mol. The normalized spacial score (nSPS) is 10.6. The van der Waals surface area contributed by atoms with E-state index in [1.807, 2.05) is 0 Å². The number of carbonyl (C=O) groups is 1. The fourth-order valence-corrected chi connectivity index (χ4v) is 1.86. The third-order valence-electron chi connectivity index (χ3n) is 3.03. The molecule has 19 heavy (non-hydrogen) atoms.